The molecule has 4 rings (SSSR count). The summed E-state index contributed by atoms with van der Waals surface area (Å²) < 4.78 is 13.5. The molecule has 1 N–H and O–H groups in total. The summed E-state index contributed by atoms with van der Waals surface area (Å²) in [5.41, 5.74) is 1.24. The number of nitrogens with one attached hydrogen (secondary N) is 1. The second-order valence-electron chi connectivity index (χ2n) is 6.01. The minimum absolute atomic E-state index is 0.638. The molecule has 5 heteroatoms. The lowest BCUT2D eigenvalue weighted by molar-refractivity contribution is 0.171. The quantitative estimate of drug-likeness (QED) is 0.938. The molecule has 0 radical (unpaired) electrons. The van der Waals surface area contributed by atoms with Crippen molar-refractivity contribution in [3.63, 3.8) is 0 Å². The molecule has 2 aromatic rings. The summed E-state index contributed by atoms with van der Waals surface area (Å²) in [7, 11) is 0. The Morgan fingerprint density at radius 2 is 2.14 bits per heavy atom. The van der Waals surface area contributed by atoms with E-state index in [2.05, 4.69) is 33.2 Å². The normalized spacial score (nSPS) is 19.7. The largest absolute Gasteiger partial charge is 0.486 e. The number of rotatable bonds is 4. The molecule has 0 amide bonds. The van der Waals surface area contributed by atoms with E-state index < -0.39 is 0 Å². The van der Waals surface area contributed by atoms with E-state index in [0.717, 1.165) is 37.6 Å². The fourth-order valence-corrected chi connectivity index (χ4v) is 3.22. The predicted octanol–water partition coefficient (Wildman–Crippen LogP) is 2.01. The van der Waals surface area contributed by atoms with Crippen LogP contribution in [-0.4, -0.2) is 29.3 Å². The number of imidazole rings is 1. The van der Waals surface area contributed by atoms with E-state index in [0.29, 0.717) is 19.1 Å². The van der Waals surface area contributed by atoms with E-state index in [1.54, 1.807) is 0 Å². The van der Waals surface area contributed by atoms with Crippen LogP contribution < -0.4 is 14.8 Å². The highest BCUT2D eigenvalue weighted by Crippen LogP contribution is 2.30. The SMILES string of the molecule is c1cn2c(n1)CCC(CNCc1ccc3c(c1)OCCO3)C2. The van der Waals surface area contributed by atoms with Crippen molar-refractivity contribution in [1.29, 1.82) is 0 Å². The zero-order chi connectivity index (χ0) is 14.8. The van der Waals surface area contributed by atoms with Gasteiger partial charge in [-0.05, 0) is 36.6 Å². The lowest BCUT2D eigenvalue weighted by Gasteiger charge is -2.24. The molecule has 22 heavy (non-hydrogen) atoms. The second kappa shape index (κ2) is 6.01. The van der Waals surface area contributed by atoms with Gasteiger partial charge in [-0.25, -0.2) is 4.98 Å². The number of hydrogen-bond acceptors (Lipinski definition) is 4. The van der Waals surface area contributed by atoms with Crippen LogP contribution in [-0.2, 0) is 19.5 Å². The molecule has 0 aliphatic carbocycles. The van der Waals surface area contributed by atoms with Gasteiger partial charge in [0.15, 0.2) is 11.5 Å². The van der Waals surface area contributed by atoms with Gasteiger partial charge in [-0.1, -0.05) is 6.07 Å². The number of hydrogen-bond donors (Lipinski definition) is 1. The average molecular weight is 299 g/mol. The summed E-state index contributed by atoms with van der Waals surface area (Å²) in [5.74, 6) is 3.63. The topological polar surface area (TPSA) is 48.3 Å². The molecule has 116 valence electrons. The number of benzene rings is 1. The summed E-state index contributed by atoms with van der Waals surface area (Å²) >= 11 is 0. The maximum Gasteiger partial charge on any atom is 0.161 e. The summed E-state index contributed by atoms with van der Waals surface area (Å²) in [5, 5.41) is 3.57. The molecule has 1 unspecified atom stereocenters. The summed E-state index contributed by atoms with van der Waals surface area (Å²) in [4.78, 5) is 4.38. The number of aromatic nitrogens is 2. The standard InChI is InChI=1S/C17H21N3O2/c1-3-15-16(22-8-7-21-15)9-13(1)10-18-11-14-2-4-17-19-5-6-20(17)12-14/h1,3,5-6,9,14,18H,2,4,7-8,10-12H2. The van der Waals surface area contributed by atoms with Gasteiger partial charge in [0.05, 0.1) is 0 Å². The fraction of sp³-hybridized carbons (Fsp3) is 0.471. The van der Waals surface area contributed by atoms with Crippen molar-refractivity contribution in [3.05, 3.63) is 42.0 Å². The van der Waals surface area contributed by atoms with Gasteiger partial charge in [0.2, 0.25) is 0 Å². The second-order valence-corrected chi connectivity index (χ2v) is 6.01. The Kier molecular flexibility index (Phi) is 3.72. The number of nitrogens with zero attached hydrogens (tertiary/aromatic N) is 2. The molecular weight excluding hydrogens is 278 g/mol. The Hall–Kier alpha value is -2.01. The molecule has 2 aliphatic heterocycles. The van der Waals surface area contributed by atoms with Gasteiger partial charge >= 0.3 is 0 Å². The minimum Gasteiger partial charge on any atom is -0.486 e. The molecule has 3 heterocycles. The van der Waals surface area contributed by atoms with Crippen LogP contribution in [0.2, 0.25) is 0 Å². The zero-order valence-electron chi connectivity index (χ0n) is 12.6. The van der Waals surface area contributed by atoms with Gasteiger partial charge in [-0.3, -0.25) is 0 Å². The molecule has 0 saturated carbocycles. The summed E-state index contributed by atoms with van der Waals surface area (Å²) in [6.07, 6.45) is 6.29. The summed E-state index contributed by atoms with van der Waals surface area (Å²) in [6, 6.07) is 6.19. The number of ether oxygens (including phenoxy) is 2. The first-order chi connectivity index (χ1) is 10.9. The Morgan fingerprint density at radius 3 is 3.09 bits per heavy atom. The highest BCUT2D eigenvalue weighted by Gasteiger charge is 2.18. The van der Waals surface area contributed by atoms with Crippen LogP contribution in [0.15, 0.2) is 30.6 Å². The van der Waals surface area contributed by atoms with E-state index in [-0.39, 0.29) is 0 Å². The van der Waals surface area contributed by atoms with Crippen molar-refractivity contribution in [2.75, 3.05) is 19.8 Å². The Labute approximate surface area is 130 Å². The fourth-order valence-electron chi connectivity index (χ4n) is 3.22. The monoisotopic (exact) mass is 299 g/mol. The van der Waals surface area contributed by atoms with Crippen LogP contribution in [0.3, 0.4) is 0 Å². The van der Waals surface area contributed by atoms with Crippen LogP contribution in [0.25, 0.3) is 0 Å². The van der Waals surface area contributed by atoms with E-state index in [9.17, 15) is 0 Å². The number of fused-ring (bicyclic) bond motifs is 2. The van der Waals surface area contributed by atoms with Crippen LogP contribution in [0.5, 0.6) is 11.5 Å². The third-order valence-corrected chi connectivity index (χ3v) is 4.40. The van der Waals surface area contributed by atoms with E-state index in [1.807, 2.05) is 12.3 Å². The molecule has 0 saturated heterocycles. The van der Waals surface area contributed by atoms with E-state index in [1.165, 1.54) is 17.8 Å². The summed E-state index contributed by atoms with van der Waals surface area (Å²) in [6.45, 7) is 4.25. The first-order valence-corrected chi connectivity index (χ1v) is 7.98. The highest BCUT2D eigenvalue weighted by atomic mass is 16.6. The van der Waals surface area contributed by atoms with Gasteiger partial charge in [-0.2, -0.15) is 0 Å². The van der Waals surface area contributed by atoms with E-state index >= 15 is 0 Å². The third-order valence-electron chi connectivity index (χ3n) is 4.40. The smallest absolute Gasteiger partial charge is 0.161 e. The molecule has 1 aromatic heterocycles. The molecule has 0 fully saturated rings. The van der Waals surface area contributed by atoms with Crippen molar-refractivity contribution in [2.24, 2.45) is 5.92 Å². The lowest BCUT2D eigenvalue weighted by atomic mass is 9.99. The van der Waals surface area contributed by atoms with Gasteiger partial charge in [0, 0.05) is 31.9 Å². The van der Waals surface area contributed by atoms with Crippen molar-refractivity contribution < 1.29 is 9.47 Å². The van der Waals surface area contributed by atoms with Crippen molar-refractivity contribution in [2.45, 2.75) is 25.9 Å². The zero-order valence-corrected chi connectivity index (χ0v) is 12.6. The molecule has 5 nitrogen and oxygen atoms in total. The third kappa shape index (κ3) is 2.81. The van der Waals surface area contributed by atoms with Crippen LogP contribution in [0, 0.1) is 5.92 Å². The van der Waals surface area contributed by atoms with Crippen LogP contribution in [0.1, 0.15) is 17.8 Å². The molecule has 0 bridgehead atoms. The van der Waals surface area contributed by atoms with Crippen molar-refractivity contribution >= 4 is 0 Å². The van der Waals surface area contributed by atoms with Gasteiger partial charge in [0.1, 0.15) is 19.0 Å². The predicted molar refractivity (Wildman–Crippen MR) is 83.2 cm³/mol. The van der Waals surface area contributed by atoms with Gasteiger partial charge in [-0.15, -0.1) is 0 Å². The molecule has 2 aliphatic rings. The van der Waals surface area contributed by atoms with Gasteiger partial charge < -0.3 is 19.4 Å². The Morgan fingerprint density at radius 1 is 1.23 bits per heavy atom. The average Bonchev–Trinajstić information content (AvgIpc) is 3.02. The van der Waals surface area contributed by atoms with E-state index in [4.69, 9.17) is 9.47 Å². The van der Waals surface area contributed by atoms with Crippen LogP contribution in [0.4, 0.5) is 0 Å². The molecule has 0 spiro atoms. The maximum atomic E-state index is 5.63. The highest BCUT2D eigenvalue weighted by molar-refractivity contribution is 5.43. The van der Waals surface area contributed by atoms with Crippen molar-refractivity contribution in [3.8, 4) is 11.5 Å². The Bertz CT molecular complexity index is 653. The maximum absolute atomic E-state index is 5.63. The number of aryl methyl sites for hydroxylation is 1. The molecule has 1 atom stereocenters. The van der Waals surface area contributed by atoms with Crippen LogP contribution >= 0.6 is 0 Å². The molecular formula is C17H21N3O2. The Balaban J connectivity index is 1.30. The van der Waals surface area contributed by atoms with Crippen molar-refractivity contribution in [1.82, 2.24) is 14.9 Å². The molecule has 1 aromatic carbocycles. The van der Waals surface area contributed by atoms with Gasteiger partial charge in [0.25, 0.3) is 0 Å². The first kappa shape index (κ1) is 13.6. The first-order valence-electron chi connectivity index (χ1n) is 7.98. The lowest BCUT2D eigenvalue weighted by Crippen LogP contribution is -2.29. The minimum atomic E-state index is 0.638.